The van der Waals surface area contributed by atoms with Crippen molar-refractivity contribution < 1.29 is 0 Å². The third kappa shape index (κ3) is 4.16. The number of fused-ring (bicyclic) bond motifs is 11. The van der Waals surface area contributed by atoms with Crippen molar-refractivity contribution in [1.29, 1.82) is 0 Å². The van der Waals surface area contributed by atoms with Crippen molar-refractivity contribution in [2.24, 2.45) is 0 Å². The van der Waals surface area contributed by atoms with Crippen LogP contribution >= 0.6 is 11.3 Å². The molecular weight excluding hydrogens is 737 g/mol. The van der Waals surface area contributed by atoms with Crippen LogP contribution in [0.5, 0.6) is 0 Å². The van der Waals surface area contributed by atoms with Gasteiger partial charge in [0.1, 0.15) is 0 Å². The fourth-order valence-corrected chi connectivity index (χ4v) is 11.3. The summed E-state index contributed by atoms with van der Waals surface area (Å²) in [5.41, 5.74) is 11.0. The van der Waals surface area contributed by atoms with E-state index in [2.05, 4.69) is 191 Å². The molecule has 9 aromatic carbocycles. The van der Waals surface area contributed by atoms with E-state index in [1.165, 1.54) is 69.0 Å². The molecule has 14 aromatic rings. The number of rotatable bonds is 3. The van der Waals surface area contributed by atoms with E-state index >= 15 is 0 Å². The lowest BCUT2D eigenvalue weighted by Crippen LogP contribution is -2.04. The Morgan fingerprint density at radius 2 is 1.07 bits per heavy atom. The van der Waals surface area contributed by atoms with Crippen LogP contribution in [0.3, 0.4) is 0 Å². The molecule has 272 valence electrons. The van der Waals surface area contributed by atoms with Gasteiger partial charge in [-0.3, -0.25) is 4.57 Å². The lowest BCUT2D eigenvalue weighted by atomic mass is 9.95. The second-order valence-electron chi connectivity index (χ2n) is 15.7. The van der Waals surface area contributed by atoms with Gasteiger partial charge in [0, 0.05) is 63.4 Å². The van der Waals surface area contributed by atoms with E-state index in [1.807, 2.05) is 11.3 Å². The molecule has 5 heterocycles. The van der Waals surface area contributed by atoms with E-state index in [4.69, 9.17) is 9.97 Å². The summed E-state index contributed by atoms with van der Waals surface area (Å²) in [5.74, 6) is 0.657. The van der Waals surface area contributed by atoms with Crippen LogP contribution in [0.2, 0.25) is 0 Å². The van der Waals surface area contributed by atoms with Crippen molar-refractivity contribution in [3.8, 4) is 28.3 Å². The third-order valence-corrected chi connectivity index (χ3v) is 13.8. The molecule has 0 aliphatic carbocycles. The van der Waals surface area contributed by atoms with Gasteiger partial charge in [0.15, 0.2) is 0 Å². The van der Waals surface area contributed by atoms with E-state index in [0.717, 1.165) is 55.1 Å². The molecule has 0 radical (unpaired) electrons. The highest BCUT2D eigenvalue weighted by atomic mass is 32.1. The molecule has 0 aliphatic heterocycles. The minimum atomic E-state index is 0.657. The molecule has 0 saturated carbocycles. The number of hydrogen-bond acceptors (Lipinski definition) is 3. The summed E-state index contributed by atoms with van der Waals surface area (Å²) in [7, 11) is 0. The number of thiophene rings is 1. The molecule has 0 unspecified atom stereocenters. The Hall–Kier alpha value is -7.60. The average Bonchev–Trinajstić information content (AvgIpc) is 3.92. The normalized spacial score (nSPS) is 12.4. The Labute approximate surface area is 340 Å². The zero-order valence-electron chi connectivity index (χ0n) is 31.5. The smallest absolute Gasteiger partial charge is 0.235 e. The van der Waals surface area contributed by atoms with Crippen molar-refractivity contribution in [2.75, 3.05) is 0 Å². The highest BCUT2D eigenvalue weighted by Gasteiger charge is 2.25. The maximum absolute atomic E-state index is 5.63. The summed E-state index contributed by atoms with van der Waals surface area (Å²) < 4.78 is 7.47. The summed E-state index contributed by atoms with van der Waals surface area (Å²) in [6.45, 7) is 0. The minimum Gasteiger partial charge on any atom is -0.308 e. The largest absolute Gasteiger partial charge is 0.308 e. The van der Waals surface area contributed by atoms with E-state index in [1.54, 1.807) is 0 Å². The van der Waals surface area contributed by atoms with Crippen LogP contribution in [0.25, 0.3) is 130 Å². The first-order valence-electron chi connectivity index (χ1n) is 20.1. The Morgan fingerprint density at radius 3 is 1.97 bits per heavy atom. The van der Waals surface area contributed by atoms with Gasteiger partial charge < -0.3 is 4.40 Å². The molecular formula is C54H30N4S. The predicted octanol–water partition coefficient (Wildman–Crippen LogP) is 14.7. The maximum Gasteiger partial charge on any atom is 0.235 e. The van der Waals surface area contributed by atoms with Gasteiger partial charge in [-0.15, -0.1) is 11.3 Å². The second-order valence-corrected chi connectivity index (χ2v) is 16.8. The number of hydrogen-bond donors (Lipinski definition) is 0. The molecule has 5 aromatic heterocycles. The number of nitrogens with zero attached hydrogens (tertiary/aromatic N) is 4. The molecule has 0 aliphatic rings. The van der Waals surface area contributed by atoms with Gasteiger partial charge in [-0.05, 0) is 64.4 Å². The molecule has 14 rings (SSSR count). The monoisotopic (exact) mass is 766 g/mol. The van der Waals surface area contributed by atoms with Crippen LogP contribution in [-0.4, -0.2) is 18.9 Å². The number of aromatic nitrogens is 4. The van der Waals surface area contributed by atoms with Crippen LogP contribution < -0.4 is 0 Å². The van der Waals surface area contributed by atoms with Gasteiger partial charge in [0.05, 0.1) is 38.8 Å². The quantitative estimate of drug-likeness (QED) is 0.168. The van der Waals surface area contributed by atoms with E-state index in [-0.39, 0.29) is 0 Å². The highest BCUT2D eigenvalue weighted by molar-refractivity contribution is 7.25. The molecule has 0 amide bonds. The molecule has 59 heavy (non-hydrogen) atoms. The van der Waals surface area contributed by atoms with Crippen LogP contribution in [0.15, 0.2) is 182 Å². The van der Waals surface area contributed by atoms with Crippen LogP contribution in [0.1, 0.15) is 0 Å². The van der Waals surface area contributed by atoms with E-state index in [9.17, 15) is 0 Å². The molecule has 4 nitrogen and oxygen atoms in total. The first-order valence-corrected chi connectivity index (χ1v) is 20.9. The Bertz CT molecular complexity index is 4080. The SMILES string of the molecule is c1ccc(-c2ccccc2-c2nc(-n3c4cccc5c6cccc7c8cc9c(cc8n(c8cccc3c8c54)c67)sc3ccccc39)nc3c2ccc2ccccc23)cc1. The highest BCUT2D eigenvalue weighted by Crippen LogP contribution is 2.46. The lowest BCUT2D eigenvalue weighted by molar-refractivity contribution is 1.02. The van der Waals surface area contributed by atoms with E-state index in [0.29, 0.717) is 5.95 Å². The molecule has 0 bridgehead atoms. The van der Waals surface area contributed by atoms with Gasteiger partial charge in [0.2, 0.25) is 5.95 Å². The molecule has 0 fully saturated rings. The van der Waals surface area contributed by atoms with Gasteiger partial charge in [-0.1, -0.05) is 140 Å². The lowest BCUT2D eigenvalue weighted by Gasteiger charge is -2.16. The molecule has 5 heteroatoms. The first-order chi connectivity index (χ1) is 29.3. The minimum absolute atomic E-state index is 0.657. The summed E-state index contributed by atoms with van der Waals surface area (Å²) in [4.78, 5) is 11.2. The molecule has 0 saturated heterocycles. The zero-order valence-corrected chi connectivity index (χ0v) is 32.3. The molecule has 0 atom stereocenters. The van der Waals surface area contributed by atoms with Crippen molar-refractivity contribution in [2.45, 2.75) is 0 Å². The standard InChI is InChI=1S/C54H30N4S/c1-2-13-31(14-3-1)33-16-6-7-19-37(33)52-40-28-27-32-15-4-5-17-34(32)51(40)55-54(56-52)58-43-23-11-20-36-38-21-10-22-39-41-29-42-35-18-8-9-26-47(35)59-48(42)30-46(41)57(53(38)39)44-24-12-25-45(58)50(44)49(36)43/h1-30H. The van der Waals surface area contributed by atoms with Crippen LogP contribution in [-0.2, 0) is 0 Å². The number of benzene rings is 9. The number of para-hydroxylation sites is 1. The fraction of sp³-hybridized carbons (Fsp3) is 0. The third-order valence-electron chi connectivity index (χ3n) is 12.7. The molecule has 0 spiro atoms. The van der Waals surface area contributed by atoms with Gasteiger partial charge >= 0.3 is 0 Å². The van der Waals surface area contributed by atoms with Gasteiger partial charge in [-0.2, -0.15) is 0 Å². The zero-order chi connectivity index (χ0) is 38.3. The Balaban J connectivity index is 1.15. The Kier molecular flexibility index (Phi) is 6.14. The topological polar surface area (TPSA) is 35.1 Å². The van der Waals surface area contributed by atoms with Crippen molar-refractivity contribution in [3.05, 3.63) is 182 Å². The van der Waals surface area contributed by atoms with Crippen molar-refractivity contribution in [1.82, 2.24) is 18.9 Å². The fourth-order valence-electron chi connectivity index (χ4n) is 10.2. The summed E-state index contributed by atoms with van der Waals surface area (Å²) in [6.07, 6.45) is 0. The van der Waals surface area contributed by atoms with Gasteiger partial charge in [0.25, 0.3) is 0 Å². The van der Waals surface area contributed by atoms with Crippen LogP contribution in [0.4, 0.5) is 0 Å². The Morgan fingerprint density at radius 1 is 0.390 bits per heavy atom. The molecule has 0 N–H and O–H groups in total. The first kappa shape index (κ1) is 31.5. The van der Waals surface area contributed by atoms with Gasteiger partial charge in [-0.25, -0.2) is 9.97 Å². The van der Waals surface area contributed by atoms with E-state index < -0.39 is 0 Å². The predicted molar refractivity (Wildman–Crippen MR) is 250 cm³/mol. The van der Waals surface area contributed by atoms with Crippen molar-refractivity contribution >= 4 is 113 Å². The summed E-state index contributed by atoms with van der Waals surface area (Å²) in [5, 5.41) is 13.4. The maximum atomic E-state index is 5.63. The van der Waals surface area contributed by atoms with Crippen molar-refractivity contribution in [3.63, 3.8) is 0 Å². The average molecular weight is 767 g/mol. The van der Waals surface area contributed by atoms with Crippen LogP contribution in [0, 0.1) is 0 Å². The summed E-state index contributed by atoms with van der Waals surface area (Å²) >= 11 is 1.88. The second kappa shape index (κ2) is 11.5. The summed E-state index contributed by atoms with van der Waals surface area (Å²) in [6, 6.07) is 66.2.